The van der Waals surface area contributed by atoms with Crippen LogP contribution in [0.25, 0.3) is 0 Å². The number of fused-ring (bicyclic) bond motifs is 1. The van der Waals surface area contributed by atoms with Crippen molar-refractivity contribution in [1.82, 2.24) is 16.0 Å². The number of ether oxygens (including phenoxy) is 2. The van der Waals surface area contributed by atoms with Gasteiger partial charge in [-0.1, -0.05) is 74.8 Å². The van der Waals surface area contributed by atoms with Gasteiger partial charge >= 0.3 is 12.1 Å². The second-order valence-corrected chi connectivity index (χ2v) is 13.9. The van der Waals surface area contributed by atoms with E-state index in [2.05, 4.69) is 16.0 Å². The third-order valence-electron chi connectivity index (χ3n) is 6.97. The minimum atomic E-state index is -1.07. The van der Waals surface area contributed by atoms with Crippen molar-refractivity contribution in [3.63, 3.8) is 0 Å². The molecule has 3 aromatic rings. The fourth-order valence-corrected chi connectivity index (χ4v) is 5.20. The molecule has 0 fully saturated rings. The average Bonchev–Trinajstić information content (AvgIpc) is 3.07. The lowest BCUT2D eigenvalue weighted by atomic mass is 9.94. The van der Waals surface area contributed by atoms with Crippen molar-refractivity contribution in [3.8, 4) is 0 Å². The van der Waals surface area contributed by atoms with Crippen LogP contribution in [0.1, 0.15) is 69.9 Å². The smallest absolute Gasteiger partial charge is 0.407 e. The van der Waals surface area contributed by atoms with E-state index in [0.717, 1.165) is 11.1 Å². The molecule has 3 aromatic carbocycles. The van der Waals surface area contributed by atoms with Crippen molar-refractivity contribution in [2.24, 2.45) is 5.41 Å². The summed E-state index contributed by atoms with van der Waals surface area (Å²) in [4.78, 5) is 40.9. The van der Waals surface area contributed by atoms with E-state index in [0.29, 0.717) is 28.4 Å². The molecule has 246 valence electrons. The predicted octanol–water partition coefficient (Wildman–Crippen LogP) is 6.87. The number of benzene rings is 3. The summed E-state index contributed by atoms with van der Waals surface area (Å²) in [6, 6.07) is 18.4. The molecule has 0 spiro atoms. The summed E-state index contributed by atoms with van der Waals surface area (Å²) in [7, 11) is 0. The van der Waals surface area contributed by atoms with Crippen molar-refractivity contribution in [1.29, 1.82) is 0 Å². The molecule has 1 aliphatic heterocycles. The number of halogens is 2. The molecule has 9 nitrogen and oxygen atoms in total. The third kappa shape index (κ3) is 9.67. The summed E-state index contributed by atoms with van der Waals surface area (Å²) in [5, 5.41) is 8.61. The largest absolute Gasteiger partial charge is 0.444 e. The molecule has 4 rings (SSSR count). The average molecular weight is 653 g/mol. The standard InChI is InChI=1S/C35H42ClFN4O5/c1-34(2,3)21-41-28-15-14-25(36)17-26(28)30(23-12-9-10-22(16-23)18-40-33(44)46-35(4,5)6)45-29(31(41)42)20-39-32(43)38-19-24-11-7-8-13-27(24)37/h7-17,29-30H,18-21H2,1-6H3,(H,40,44)(H2,38,39,43). The van der Waals surface area contributed by atoms with Gasteiger partial charge in [-0.15, -0.1) is 0 Å². The first-order valence-corrected chi connectivity index (χ1v) is 15.5. The number of nitrogens with zero attached hydrogens (tertiary/aromatic N) is 1. The molecule has 3 N–H and O–H groups in total. The molecule has 0 saturated carbocycles. The highest BCUT2D eigenvalue weighted by Crippen LogP contribution is 2.40. The predicted molar refractivity (Wildman–Crippen MR) is 176 cm³/mol. The van der Waals surface area contributed by atoms with E-state index >= 15 is 0 Å². The Bertz CT molecular complexity index is 1570. The summed E-state index contributed by atoms with van der Waals surface area (Å²) in [6.07, 6.45) is -2.35. The van der Waals surface area contributed by atoms with E-state index in [4.69, 9.17) is 21.1 Å². The van der Waals surface area contributed by atoms with Gasteiger partial charge in [0.05, 0.1) is 6.54 Å². The van der Waals surface area contributed by atoms with Gasteiger partial charge in [0, 0.05) is 41.5 Å². The lowest BCUT2D eigenvalue weighted by molar-refractivity contribution is -0.131. The molecule has 4 amide bonds. The van der Waals surface area contributed by atoms with E-state index in [1.807, 2.05) is 51.1 Å². The number of hydrogen-bond acceptors (Lipinski definition) is 5. The molecule has 0 bridgehead atoms. The topological polar surface area (TPSA) is 109 Å². The lowest BCUT2D eigenvalue weighted by Gasteiger charge is -2.31. The molecule has 2 atom stereocenters. The third-order valence-corrected chi connectivity index (χ3v) is 7.21. The Labute approximate surface area is 274 Å². The van der Waals surface area contributed by atoms with E-state index in [1.165, 1.54) is 6.07 Å². The zero-order valence-electron chi connectivity index (χ0n) is 27.1. The molecule has 0 saturated heterocycles. The number of carbonyl (C=O) groups excluding carboxylic acids is 3. The molecular weight excluding hydrogens is 611 g/mol. The number of urea groups is 1. The van der Waals surface area contributed by atoms with Crippen LogP contribution >= 0.6 is 11.6 Å². The Hall–Kier alpha value is -4.15. The molecular formula is C35H42ClFN4O5. The van der Waals surface area contributed by atoms with Gasteiger partial charge in [0.1, 0.15) is 17.5 Å². The maximum atomic E-state index is 14.1. The van der Waals surface area contributed by atoms with Crippen molar-refractivity contribution in [3.05, 3.63) is 99.8 Å². The van der Waals surface area contributed by atoms with Crippen molar-refractivity contribution in [2.45, 2.75) is 72.4 Å². The zero-order valence-corrected chi connectivity index (χ0v) is 27.8. The quantitative estimate of drug-likeness (QED) is 0.246. The molecule has 46 heavy (non-hydrogen) atoms. The van der Waals surface area contributed by atoms with Gasteiger partial charge in [0.25, 0.3) is 5.91 Å². The van der Waals surface area contributed by atoms with E-state index in [1.54, 1.807) is 56.0 Å². The fraction of sp³-hybridized carbons (Fsp3) is 0.400. The minimum Gasteiger partial charge on any atom is -0.444 e. The Morgan fingerprint density at radius 3 is 2.37 bits per heavy atom. The fourth-order valence-electron chi connectivity index (χ4n) is 5.02. The van der Waals surface area contributed by atoms with Crippen LogP contribution < -0.4 is 20.9 Å². The molecule has 2 unspecified atom stereocenters. The van der Waals surface area contributed by atoms with Gasteiger partial charge in [-0.2, -0.15) is 0 Å². The van der Waals surface area contributed by atoms with Gasteiger partial charge in [0.15, 0.2) is 6.10 Å². The van der Waals surface area contributed by atoms with E-state index in [9.17, 15) is 18.8 Å². The highest BCUT2D eigenvalue weighted by Gasteiger charge is 2.38. The second kappa shape index (κ2) is 14.5. The normalized spacial score (nSPS) is 16.7. The molecule has 0 aliphatic carbocycles. The summed E-state index contributed by atoms with van der Waals surface area (Å²) < 4.78 is 26.0. The van der Waals surface area contributed by atoms with E-state index < -0.39 is 35.8 Å². The molecule has 0 radical (unpaired) electrons. The Kier molecular flexibility index (Phi) is 11.0. The van der Waals surface area contributed by atoms with Crippen LogP contribution in [0.15, 0.2) is 66.7 Å². The van der Waals surface area contributed by atoms with Crippen molar-refractivity contribution in [2.75, 3.05) is 18.0 Å². The number of anilines is 1. The van der Waals surface area contributed by atoms with Crippen LogP contribution in [0.5, 0.6) is 0 Å². The first kappa shape index (κ1) is 34.7. The van der Waals surface area contributed by atoms with Crippen molar-refractivity contribution < 1.29 is 28.2 Å². The number of hydrogen-bond donors (Lipinski definition) is 3. The van der Waals surface area contributed by atoms with Crippen LogP contribution in [-0.4, -0.2) is 42.8 Å². The van der Waals surface area contributed by atoms with Gasteiger partial charge in [-0.3, -0.25) is 4.79 Å². The first-order chi connectivity index (χ1) is 21.6. The lowest BCUT2D eigenvalue weighted by Crippen LogP contribution is -2.49. The van der Waals surface area contributed by atoms with Crippen LogP contribution in [0.2, 0.25) is 5.02 Å². The van der Waals surface area contributed by atoms with Gasteiger partial charge in [-0.25, -0.2) is 14.0 Å². The maximum absolute atomic E-state index is 14.1. The summed E-state index contributed by atoms with van der Waals surface area (Å²) >= 11 is 6.49. The Balaban J connectivity index is 1.62. The van der Waals surface area contributed by atoms with Gasteiger partial charge < -0.3 is 30.3 Å². The molecule has 1 heterocycles. The van der Waals surface area contributed by atoms with Crippen LogP contribution in [-0.2, 0) is 27.4 Å². The molecule has 0 aromatic heterocycles. The molecule has 11 heteroatoms. The van der Waals surface area contributed by atoms with Crippen LogP contribution in [0, 0.1) is 11.2 Å². The number of carbonyl (C=O) groups is 3. The minimum absolute atomic E-state index is 0.0230. The summed E-state index contributed by atoms with van der Waals surface area (Å²) in [5.41, 5.74) is 2.29. The number of rotatable bonds is 8. The number of nitrogens with one attached hydrogen (secondary N) is 3. The molecule has 1 aliphatic rings. The summed E-state index contributed by atoms with van der Waals surface area (Å²) in [6.45, 7) is 11.9. The monoisotopic (exact) mass is 652 g/mol. The van der Waals surface area contributed by atoms with Crippen LogP contribution in [0.3, 0.4) is 0 Å². The maximum Gasteiger partial charge on any atom is 0.407 e. The number of amides is 4. The first-order valence-electron chi connectivity index (χ1n) is 15.2. The highest BCUT2D eigenvalue weighted by atomic mass is 35.5. The Morgan fingerprint density at radius 2 is 1.67 bits per heavy atom. The van der Waals surface area contributed by atoms with Gasteiger partial charge in [-0.05, 0) is 61.6 Å². The van der Waals surface area contributed by atoms with Crippen LogP contribution in [0.4, 0.5) is 19.7 Å². The summed E-state index contributed by atoms with van der Waals surface area (Å²) in [5.74, 6) is -0.746. The van der Waals surface area contributed by atoms with E-state index in [-0.39, 0.29) is 31.0 Å². The Morgan fingerprint density at radius 1 is 0.935 bits per heavy atom. The number of alkyl carbamates (subject to hydrolysis) is 1. The second-order valence-electron chi connectivity index (χ2n) is 13.4. The highest BCUT2D eigenvalue weighted by molar-refractivity contribution is 6.30. The van der Waals surface area contributed by atoms with Crippen molar-refractivity contribution >= 4 is 35.3 Å². The zero-order chi connectivity index (χ0) is 33.6. The van der Waals surface area contributed by atoms with Gasteiger partial charge in [0.2, 0.25) is 0 Å². The SMILES string of the molecule is CC(C)(C)CN1C(=O)C(CNC(=O)NCc2ccccc2F)OC(c2cccc(CNC(=O)OC(C)(C)C)c2)c2cc(Cl)ccc21.